The van der Waals surface area contributed by atoms with Crippen LogP contribution in [0.3, 0.4) is 0 Å². The number of aliphatic imine (C=N–C) groups is 1. The Balaban J connectivity index is 2.15. The van der Waals surface area contributed by atoms with Gasteiger partial charge in [0.1, 0.15) is 5.75 Å². The van der Waals surface area contributed by atoms with Gasteiger partial charge in [-0.1, -0.05) is 25.6 Å². The zero-order chi connectivity index (χ0) is 15.5. The molecule has 0 amide bonds. The molecule has 116 valence electrons. The van der Waals surface area contributed by atoms with E-state index in [-0.39, 0.29) is 0 Å². The summed E-state index contributed by atoms with van der Waals surface area (Å²) in [5.41, 5.74) is 1.34. The SMILES string of the molecule is CCC1(CC)CN=C(Nc2cc(OC)c(Br)cc2Br)SC1. The maximum Gasteiger partial charge on any atom is 0.161 e. The summed E-state index contributed by atoms with van der Waals surface area (Å²) in [5.74, 6) is 1.93. The third-order valence-corrected chi connectivity index (χ3v) is 6.59. The standard InChI is InChI=1S/C15H20Br2N2OS/c1-4-15(5-2)8-18-14(21-9-15)19-12-7-13(20-3)11(17)6-10(12)16/h6-7H,4-5,8-9H2,1-3H3,(H,18,19). The van der Waals surface area contributed by atoms with E-state index in [1.165, 1.54) is 12.8 Å². The Hall–Kier alpha value is -0.200. The first-order valence-electron chi connectivity index (χ1n) is 7.01. The number of ether oxygens (including phenoxy) is 1. The summed E-state index contributed by atoms with van der Waals surface area (Å²) in [5, 5.41) is 4.39. The summed E-state index contributed by atoms with van der Waals surface area (Å²) < 4.78 is 7.26. The number of nitrogens with zero attached hydrogens (tertiary/aromatic N) is 1. The molecule has 6 heteroatoms. The number of anilines is 1. The molecule has 0 radical (unpaired) electrons. The number of hydrogen-bond donors (Lipinski definition) is 1. The number of methoxy groups -OCH3 is 1. The molecule has 21 heavy (non-hydrogen) atoms. The van der Waals surface area contributed by atoms with Gasteiger partial charge in [0.2, 0.25) is 0 Å². The molecule has 0 aromatic heterocycles. The molecule has 0 spiro atoms. The van der Waals surface area contributed by atoms with E-state index in [4.69, 9.17) is 9.73 Å². The van der Waals surface area contributed by atoms with Crippen molar-refractivity contribution in [1.29, 1.82) is 0 Å². The van der Waals surface area contributed by atoms with Crippen LogP contribution in [0.4, 0.5) is 5.69 Å². The van der Waals surface area contributed by atoms with Crippen molar-refractivity contribution < 1.29 is 4.74 Å². The van der Waals surface area contributed by atoms with E-state index in [0.29, 0.717) is 5.41 Å². The molecular formula is C15H20Br2N2OS. The topological polar surface area (TPSA) is 33.6 Å². The molecule has 3 nitrogen and oxygen atoms in total. The molecule has 2 rings (SSSR count). The molecule has 1 aliphatic heterocycles. The summed E-state index contributed by atoms with van der Waals surface area (Å²) in [6.07, 6.45) is 2.37. The number of nitrogens with one attached hydrogen (secondary N) is 1. The Morgan fingerprint density at radius 1 is 1.29 bits per heavy atom. The average Bonchev–Trinajstić information content (AvgIpc) is 2.51. The summed E-state index contributed by atoms with van der Waals surface area (Å²) in [6.45, 7) is 5.42. The number of rotatable bonds is 4. The van der Waals surface area contributed by atoms with Gasteiger partial charge in [-0.3, -0.25) is 4.99 Å². The van der Waals surface area contributed by atoms with Crippen molar-refractivity contribution in [2.24, 2.45) is 10.4 Å². The summed E-state index contributed by atoms with van der Waals surface area (Å²) in [4.78, 5) is 4.73. The van der Waals surface area contributed by atoms with Crippen LogP contribution >= 0.6 is 43.6 Å². The van der Waals surface area contributed by atoms with Crippen molar-refractivity contribution in [3.05, 3.63) is 21.1 Å². The normalized spacial score (nSPS) is 17.3. The molecule has 0 atom stereocenters. The molecule has 1 aromatic carbocycles. The molecule has 0 bridgehead atoms. The Morgan fingerprint density at radius 2 is 2.00 bits per heavy atom. The summed E-state index contributed by atoms with van der Waals surface area (Å²) in [7, 11) is 1.67. The van der Waals surface area contributed by atoms with Gasteiger partial charge in [-0.2, -0.15) is 0 Å². The van der Waals surface area contributed by atoms with E-state index in [2.05, 4.69) is 51.0 Å². The zero-order valence-corrected chi connectivity index (χ0v) is 16.5. The molecule has 1 N–H and O–H groups in total. The van der Waals surface area contributed by atoms with Crippen molar-refractivity contribution in [2.75, 3.05) is 24.7 Å². The summed E-state index contributed by atoms with van der Waals surface area (Å²) >= 11 is 8.86. The number of benzene rings is 1. The van der Waals surface area contributed by atoms with Crippen LogP contribution < -0.4 is 10.1 Å². The highest BCUT2D eigenvalue weighted by atomic mass is 79.9. The van der Waals surface area contributed by atoms with Gasteiger partial charge in [0.05, 0.1) is 17.3 Å². The van der Waals surface area contributed by atoms with Crippen LogP contribution in [-0.2, 0) is 0 Å². The highest BCUT2D eigenvalue weighted by molar-refractivity contribution is 9.11. The molecule has 0 unspecified atom stereocenters. The molecule has 0 fully saturated rings. The third kappa shape index (κ3) is 3.96. The van der Waals surface area contributed by atoms with Crippen molar-refractivity contribution >= 4 is 54.5 Å². The maximum atomic E-state index is 5.34. The first-order chi connectivity index (χ1) is 10.0. The minimum Gasteiger partial charge on any atom is -0.495 e. The lowest BCUT2D eigenvalue weighted by Crippen LogP contribution is -2.32. The molecule has 0 saturated carbocycles. The Bertz CT molecular complexity index is 545. The fourth-order valence-corrected chi connectivity index (χ4v) is 4.74. The quantitative estimate of drug-likeness (QED) is 0.673. The van der Waals surface area contributed by atoms with E-state index in [1.54, 1.807) is 18.9 Å². The van der Waals surface area contributed by atoms with Crippen molar-refractivity contribution in [2.45, 2.75) is 26.7 Å². The summed E-state index contributed by atoms with van der Waals surface area (Å²) in [6, 6.07) is 3.95. The second kappa shape index (κ2) is 7.38. The van der Waals surface area contributed by atoms with Gasteiger partial charge < -0.3 is 10.1 Å². The van der Waals surface area contributed by atoms with E-state index in [1.807, 2.05) is 12.1 Å². The minimum absolute atomic E-state index is 0.366. The van der Waals surface area contributed by atoms with Crippen LogP contribution in [0.1, 0.15) is 26.7 Å². The molecule has 0 saturated heterocycles. The second-order valence-corrected chi connectivity index (χ2v) is 7.88. The molecule has 0 aliphatic carbocycles. The van der Waals surface area contributed by atoms with Crippen LogP contribution in [0.25, 0.3) is 0 Å². The van der Waals surface area contributed by atoms with Crippen molar-refractivity contribution in [3.8, 4) is 5.75 Å². The Kier molecular flexibility index (Phi) is 6.03. The monoisotopic (exact) mass is 434 g/mol. The van der Waals surface area contributed by atoms with Crippen LogP contribution in [-0.4, -0.2) is 24.6 Å². The van der Waals surface area contributed by atoms with Gasteiger partial charge in [-0.05, 0) is 56.2 Å². The third-order valence-electron chi connectivity index (χ3n) is 4.06. The van der Waals surface area contributed by atoms with Crippen molar-refractivity contribution in [3.63, 3.8) is 0 Å². The van der Waals surface area contributed by atoms with Gasteiger partial charge in [0, 0.05) is 22.8 Å². The molecule has 1 aromatic rings. The predicted molar refractivity (Wildman–Crippen MR) is 99.8 cm³/mol. The Labute approximate surface area is 147 Å². The molecule has 1 aliphatic rings. The van der Waals surface area contributed by atoms with Crippen molar-refractivity contribution in [1.82, 2.24) is 0 Å². The first-order valence-corrected chi connectivity index (χ1v) is 9.58. The second-order valence-electron chi connectivity index (χ2n) is 5.21. The van der Waals surface area contributed by atoms with Crippen LogP contribution in [0, 0.1) is 5.41 Å². The highest BCUT2D eigenvalue weighted by Crippen LogP contribution is 2.38. The number of hydrogen-bond acceptors (Lipinski definition) is 4. The average molecular weight is 436 g/mol. The zero-order valence-electron chi connectivity index (χ0n) is 12.5. The van der Waals surface area contributed by atoms with Gasteiger partial charge in [-0.25, -0.2) is 0 Å². The van der Waals surface area contributed by atoms with E-state index < -0.39 is 0 Å². The van der Waals surface area contributed by atoms with Gasteiger partial charge in [-0.15, -0.1) is 0 Å². The van der Waals surface area contributed by atoms with E-state index >= 15 is 0 Å². The lowest BCUT2D eigenvalue weighted by atomic mass is 9.84. The molecule has 1 heterocycles. The first kappa shape index (κ1) is 17.2. The Morgan fingerprint density at radius 3 is 2.52 bits per heavy atom. The lowest BCUT2D eigenvalue weighted by Gasteiger charge is -2.33. The fraction of sp³-hybridized carbons (Fsp3) is 0.533. The largest absolute Gasteiger partial charge is 0.495 e. The maximum absolute atomic E-state index is 5.34. The van der Waals surface area contributed by atoms with Crippen LogP contribution in [0.15, 0.2) is 26.1 Å². The fourth-order valence-electron chi connectivity index (χ4n) is 2.20. The van der Waals surface area contributed by atoms with E-state index in [9.17, 15) is 0 Å². The number of amidine groups is 1. The predicted octanol–water partition coefficient (Wildman–Crippen LogP) is 5.54. The van der Waals surface area contributed by atoms with Gasteiger partial charge >= 0.3 is 0 Å². The highest BCUT2D eigenvalue weighted by Gasteiger charge is 2.30. The minimum atomic E-state index is 0.366. The van der Waals surface area contributed by atoms with Crippen LogP contribution in [0.5, 0.6) is 5.75 Å². The van der Waals surface area contributed by atoms with E-state index in [0.717, 1.165) is 37.8 Å². The lowest BCUT2D eigenvalue weighted by molar-refractivity contribution is 0.318. The number of thioether (sulfide) groups is 1. The van der Waals surface area contributed by atoms with Gasteiger partial charge in [0.25, 0.3) is 0 Å². The van der Waals surface area contributed by atoms with Gasteiger partial charge in [0.15, 0.2) is 5.17 Å². The van der Waals surface area contributed by atoms with Crippen LogP contribution in [0.2, 0.25) is 0 Å². The molecular weight excluding hydrogens is 416 g/mol. The number of halogens is 2. The smallest absolute Gasteiger partial charge is 0.161 e.